The lowest BCUT2D eigenvalue weighted by Gasteiger charge is -2.25. The van der Waals surface area contributed by atoms with E-state index in [1.165, 1.54) is 6.07 Å². The molecule has 0 saturated heterocycles. The first-order chi connectivity index (χ1) is 6.31. The Morgan fingerprint density at radius 2 is 2.38 bits per heavy atom. The summed E-state index contributed by atoms with van der Waals surface area (Å²) < 4.78 is 13.2. The second-order valence-electron chi connectivity index (χ2n) is 3.63. The fraction of sp³-hybridized carbons (Fsp3) is 0.455. The third-order valence-electron chi connectivity index (χ3n) is 2.75. The van der Waals surface area contributed by atoms with Gasteiger partial charge < -0.3 is 5.32 Å². The van der Waals surface area contributed by atoms with Crippen LogP contribution in [0.5, 0.6) is 0 Å². The molecule has 1 N–H and O–H groups in total. The number of halogens is 1. The Balaban J connectivity index is 2.31. The average Bonchev–Trinajstić information content (AvgIpc) is 2.18. The van der Waals surface area contributed by atoms with E-state index in [0.717, 1.165) is 24.9 Å². The van der Waals surface area contributed by atoms with Gasteiger partial charge >= 0.3 is 0 Å². The number of para-hydroxylation sites is 1. The van der Waals surface area contributed by atoms with Crippen molar-refractivity contribution in [1.82, 2.24) is 0 Å². The maximum absolute atomic E-state index is 13.2. The maximum atomic E-state index is 13.2. The molecule has 13 heavy (non-hydrogen) atoms. The quantitative estimate of drug-likeness (QED) is 0.699. The first-order valence-corrected chi connectivity index (χ1v) is 4.82. The van der Waals surface area contributed by atoms with E-state index in [1.54, 1.807) is 6.07 Å². The second kappa shape index (κ2) is 3.36. The Hall–Kier alpha value is -1.05. The molecule has 1 aliphatic heterocycles. The molecule has 0 bridgehead atoms. The van der Waals surface area contributed by atoms with E-state index in [-0.39, 0.29) is 5.82 Å². The van der Waals surface area contributed by atoms with Crippen LogP contribution in [0.15, 0.2) is 18.2 Å². The summed E-state index contributed by atoms with van der Waals surface area (Å²) in [5, 5.41) is 3.16. The van der Waals surface area contributed by atoms with Gasteiger partial charge in [-0.25, -0.2) is 4.39 Å². The van der Waals surface area contributed by atoms with Crippen molar-refractivity contribution in [2.75, 3.05) is 11.9 Å². The molecule has 70 valence electrons. The molecule has 1 aromatic carbocycles. The summed E-state index contributed by atoms with van der Waals surface area (Å²) in [6.07, 6.45) is 2.17. The molecule has 0 radical (unpaired) electrons. The standard InChI is InChI=1S/C11H14FN/c1-2-8-6-9-4-3-5-10(12)11(9)13-7-8/h3-5,8,13H,2,6-7H2,1H3. The predicted octanol–water partition coefficient (Wildman–Crippen LogP) is 2.82. The highest BCUT2D eigenvalue weighted by atomic mass is 19.1. The molecule has 1 aromatic rings. The molecule has 1 heterocycles. The minimum absolute atomic E-state index is 0.118. The highest BCUT2D eigenvalue weighted by Crippen LogP contribution is 2.28. The highest BCUT2D eigenvalue weighted by Gasteiger charge is 2.18. The van der Waals surface area contributed by atoms with Crippen molar-refractivity contribution in [3.05, 3.63) is 29.6 Å². The van der Waals surface area contributed by atoms with Crippen LogP contribution >= 0.6 is 0 Å². The summed E-state index contributed by atoms with van der Waals surface area (Å²) in [5.74, 6) is 0.543. The zero-order valence-corrected chi connectivity index (χ0v) is 7.81. The molecule has 1 nitrogen and oxygen atoms in total. The van der Waals surface area contributed by atoms with Crippen molar-refractivity contribution in [2.45, 2.75) is 19.8 Å². The summed E-state index contributed by atoms with van der Waals surface area (Å²) in [4.78, 5) is 0. The van der Waals surface area contributed by atoms with Crippen molar-refractivity contribution in [1.29, 1.82) is 0 Å². The number of hydrogen-bond acceptors (Lipinski definition) is 1. The number of nitrogens with one attached hydrogen (secondary N) is 1. The van der Waals surface area contributed by atoms with Gasteiger partial charge in [-0.2, -0.15) is 0 Å². The first kappa shape index (κ1) is 8.54. The van der Waals surface area contributed by atoms with Crippen LogP contribution in [-0.2, 0) is 6.42 Å². The average molecular weight is 179 g/mol. The Labute approximate surface area is 78.0 Å². The van der Waals surface area contributed by atoms with Crippen LogP contribution in [0, 0.1) is 11.7 Å². The minimum atomic E-state index is -0.118. The van der Waals surface area contributed by atoms with E-state index >= 15 is 0 Å². The maximum Gasteiger partial charge on any atom is 0.146 e. The van der Waals surface area contributed by atoms with Crippen molar-refractivity contribution >= 4 is 5.69 Å². The van der Waals surface area contributed by atoms with Crippen LogP contribution in [0.1, 0.15) is 18.9 Å². The van der Waals surface area contributed by atoms with Gasteiger partial charge in [-0.1, -0.05) is 25.5 Å². The summed E-state index contributed by atoms with van der Waals surface area (Å²) in [7, 11) is 0. The number of anilines is 1. The van der Waals surface area contributed by atoms with Crippen LogP contribution in [0.25, 0.3) is 0 Å². The van der Waals surface area contributed by atoms with Crippen LogP contribution in [0.2, 0.25) is 0 Å². The summed E-state index contributed by atoms with van der Waals surface area (Å²) in [6, 6.07) is 5.30. The molecule has 0 fully saturated rings. The van der Waals surface area contributed by atoms with Gasteiger partial charge in [0.1, 0.15) is 5.82 Å². The Bertz CT molecular complexity index is 309. The largest absolute Gasteiger partial charge is 0.382 e. The summed E-state index contributed by atoms with van der Waals surface area (Å²) in [5.41, 5.74) is 1.84. The molecular weight excluding hydrogens is 165 g/mol. The van der Waals surface area contributed by atoms with Gasteiger partial charge in [-0.3, -0.25) is 0 Å². The molecule has 0 aromatic heterocycles. The van der Waals surface area contributed by atoms with Gasteiger partial charge in [0.15, 0.2) is 0 Å². The lowest BCUT2D eigenvalue weighted by atomic mass is 9.92. The molecule has 1 aliphatic rings. The van der Waals surface area contributed by atoms with Gasteiger partial charge in [0.05, 0.1) is 5.69 Å². The van der Waals surface area contributed by atoms with E-state index in [1.807, 2.05) is 6.07 Å². The van der Waals surface area contributed by atoms with Crippen molar-refractivity contribution in [2.24, 2.45) is 5.92 Å². The van der Waals surface area contributed by atoms with Gasteiger partial charge in [0, 0.05) is 6.54 Å². The fourth-order valence-electron chi connectivity index (χ4n) is 1.86. The Kier molecular flexibility index (Phi) is 2.21. The van der Waals surface area contributed by atoms with Crippen molar-refractivity contribution in [3.63, 3.8) is 0 Å². The Morgan fingerprint density at radius 3 is 3.15 bits per heavy atom. The van der Waals surface area contributed by atoms with Crippen LogP contribution < -0.4 is 5.32 Å². The fourth-order valence-corrected chi connectivity index (χ4v) is 1.86. The number of benzene rings is 1. The van der Waals surface area contributed by atoms with Crippen LogP contribution in [0.3, 0.4) is 0 Å². The molecule has 1 atom stereocenters. The molecule has 2 heteroatoms. The SMILES string of the molecule is CCC1CNc2c(F)cccc2C1. The third-order valence-corrected chi connectivity index (χ3v) is 2.75. The van der Waals surface area contributed by atoms with Crippen LogP contribution in [0.4, 0.5) is 10.1 Å². The smallest absolute Gasteiger partial charge is 0.146 e. The predicted molar refractivity (Wildman–Crippen MR) is 52.4 cm³/mol. The number of hydrogen-bond donors (Lipinski definition) is 1. The lowest BCUT2D eigenvalue weighted by molar-refractivity contribution is 0.512. The monoisotopic (exact) mass is 179 g/mol. The second-order valence-corrected chi connectivity index (χ2v) is 3.63. The van der Waals surface area contributed by atoms with E-state index in [0.29, 0.717) is 11.6 Å². The molecule has 1 unspecified atom stereocenters. The number of rotatable bonds is 1. The molecule has 0 aliphatic carbocycles. The molecule has 0 saturated carbocycles. The van der Waals surface area contributed by atoms with Crippen molar-refractivity contribution < 1.29 is 4.39 Å². The van der Waals surface area contributed by atoms with E-state index in [2.05, 4.69) is 12.2 Å². The zero-order chi connectivity index (χ0) is 9.26. The normalized spacial score (nSPS) is 20.6. The van der Waals surface area contributed by atoms with E-state index < -0.39 is 0 Å². The van der Waals surface area contributed by atoms with Gasteiger partial charge in [0.2, 0.25) is 0 Å². The molecular formula is C11H14FN. The molecule has 0 spiro atoms. The van der Waals surface area contributed by atoms with Crippen LogP contribution in [-0.4, -0.2) is 6.54 Å². The molecule has 2 rings (SSSR count). The first-order valence-electron chi connectivity index (χ1n) is 4.82. The topological polar surface area (TPSA) is 12.0 Å². The highest BCUT2D eigenvalue weighted by molar-refractivity contribution is 5.54. The van der Waals surface area contributed by atoms with Gasteiger partial charge in [0.25, 0.3) is 0 Å². The van der Waals surface area contributed by atoms with E-state index in [4.69, 9.17) is 0 Å². The Morgan fingerprint density at radius 1 is 1.54 bits per heavy atom. The lowest BCUT2D eigenvalue weighted by Crippen LogP contribution is -2.23. The summed E-state index contributed by atoms with van der Waals surface area (Å²) >= 11 is 0. The zero-order valence-electron chi connectivity index (χ0n) is 7.81. The van der Waals surface area contributed by atoms with E-state index in [9.17, 15) is 4.39 Å². The van der Waals surface area contributed by atoms with Gasteiger partial charge in [-0.15, -0.1) is 0 Å². The minimum Gasteiger partial charge on any atom is -0.382 e. The number of fused-ring (bicyclic) bond motifs is 1. The van der Waals surface area contributed by atoms with Crippen molar-refractivity contribution in [3.8, 4) is 0 Å². The van der Waals surface area contributed by atoms with Gasteiger partial charge in [-0.05, 0) is 24.0 Å². The molecule has 0 amide bonds. The third kappa shape index (κ3) is 1.53. The summed E-state index contributed by atoms with van der Waals surface area (Å²) in [6.45, 7) is 3.08.